The molecule has 0 unspecified atom stereocenters. The van der Waals surface area contributed by atoms with Crippen LogP contribution in [0.25, 0.3) is 11.3 Å². The number of methoxy groups -OCH3 is 1. The molecule has 0 saturated carbocycles. The first kappa shape index (κ1) is 18.5. The number of aromatic nitrogens is 1. The van der Waals surface area contributed by atoms with Gasteiger partial charge in [0.05, 0.1) is 17.3 Å². The first-order chi connectivity index (χ1) is 12.4. The Bertz CT molecular complexity index is 1040. The summed E-state index contributed by atoms with van der Waals surface area (Å²) in [5, 5.41) is 0. The smallest absolute Gasteiger partial charge is 0.279 e. The maximum absolute atomic E-state index is 13.2. The first-order valence-corrected chi connectivity index (χ1v) is 9.36. The van der Waals surface area contributed by atoms with E-state index < -0.39 is 0 Å². The van der Waals surface area contributed by atoms with Gasteiger partial charge in [0.15, 0.2) is 4.80 Å². The van der Waals surface area contributed by atoms with Crippen molar-refractivity contribution in [3.63, 3.8) is 0 Å². The van der Waals surface area contributed by atoms with Crippen molar-refractivity contribution in [2.24, 2.45) is 12.0 Å². The molecule has 0 spiro atoms. The normalized spacial score (nSPS) is 11.7. The Labute approximate surface area is 162 Å². The lowest BCUT2D eigenvalue weighted by Crippen LogP contribution is -2.14. The molecule has 0 aliphatic heterocycles. The third kappa shape index (κ3) is 3.64. The van der Waals surface area contributed by atoms with Gasteiger partial charge in [-0.25, -0.2) is 4.39 Å². The molecule has 134 valence electrons. The summed E-state index contributed by atoms with van der Waals surface area (Å²) in [5.74, 6) is 0.0305. The summed E-state index contributed by atoms with van der Waals surface area (Å²) in [5.41, 5.74) is 2.26. The summed E-state index contributed by atoms with van der Waals surface area (Å²) < 4.78 is 20.9. The van der Waals surface area contributed by atoms with Crippen LogP contribution in [-0.4, -0.2) is 17.6 Å². The molecule has 7 heteroatoms. The lowest BCUT2D eigenvalue weighted by atomic mass is 10.1. The Morgan fingerprint density at radius 2 is 1.92 bits per heavy atom. The minimum absolute atomic E-state index is 0.283. The topological polar surface area (TPSA) is 43.6 Å². The van der Waals surface area contributed by atoms with Crippen LogP contribution in [0.15, 0.2) is 51.9 Å². The van der Waals surface area contributed by atoms with Crippen LogP contribution < -0.4 is 9.54 Å². The molecule has 0 aliphatic rings. The maximum Gasteiger partial charge on any atom is 0.279 e. The van der Waals surface area contributed by atoms with Gasteiger partial charge in [-0.1, -0.05) is 0 Å². The summed E-state index contributed by atoms with van der Waals surface area (Å²) in [6.45, 7) is 1.96. The molecule has 4 nitrogen and oxygen atoms in total. The van der Waals surface area contributed by atoms with E-state index in [9.17, 15) is 9.18 Å². The fourth-order valence-electron chi connectivity index (χ4n) is 2.64. The predicted molar refractivity (Wildman–Crippen MR) is 104 cm³/mol. The van der Waals surface area contributed by atoms with Crippen LogP contribution >= 0.6 is 27.3 Å². The molecule has 1 amide bonds. The molecule has 0 fully saturated rings. The van der Waals surface area contributed by atoms with Crippen LogP contribution in [0.3, 0.4) is 0 Å². The number of hydrogen-bond donors (Lipinski definition) is 0. The molecule has 0 radical (unpaired) electrons. The molecular weight excluding hydrogens is 419 g/mol. The average molecular weight is 435 g/mol. The number of benzene rings is 2. The number of amides is 1. The zero-order chi connectivity index (χ0) is 18.8. The van der Waals surface area contributed by atoms with E-state index in [0.717, 1.165) is 16.1 Å². The van der Waals surface area contributed by atoms with Gasteiger partial charge in [0.25, 0.3) is 5.91 Å². The van der Waals surface area contributed by atoms with Gasteiger partial charge in [0.2, 0.25) is 0 Å². The number of rotatable bonds is 3. The van der Waals surface area contributed by atoms with Gasteiger partial charge in [0.1, 0.15) is 11.6 Å². The number of carbonyl (C=O) groups is 1. The maximum atomic E-state index is 13.2. The Morgan fingerprint density at radius 1 is 1.23 bits per heavy atom. The zero-order valence-electron chi connectivity index (χ0n) is 14.4. The molecule has 0 saturated heterocycles. The lowest BCUT2D eigenvalue weighted by molar-refractivity contribution is 0.0998. The Kier molecular flexibility index (Phi) is 5.38. The van der Waals surface area contributed by atoms with Gasteiger partial charge in [-0.05, 0) is 70.9 Å². The van der Waals surface area contributed by atoms with E-state index in [0.29, 0.717) is 20.6 Å². The van der Waals surface area contributed by atoms with Gasteiger partial charge in [-0.3, -0.25) is 4.79 Å². The van der Waals surface area contributed by atoms with Crippen molar-refractivity contribution in [1.82, 2.24) is 4.57 Å². The third-order valence-corrected chi connectivity index (χ3v) is 5.58. The van der Waals surface area contributed by atoms with Crippen LogP contribution in [0.2, 0.25) is 0 Å². The third-order valence-electron chi connectivity index (χ3n) is 3.91. The van der Waals surface area contributed by atoms with Crippen molar-refractivity contribution in [2.75, 3.05) is 7.11 Å². The minimum Gasteiger partial charge on any atom is -0.496 e. The van der Waals surface area contributed by atoms with E-state index >= 15 is 0 Å². The number of thiazole rings is 1. The standard InChI is InChI=1S/C19H16BrFN2O2S/c1-11-17(12-4-7-14(21)8-5-12)23(2)19(26-11)22-18(24)13-6-9-16(25-3)15(20)10-13/h4-10H,1-3H3. The van der Waals surface area contributed by atoms with Gasteiger partial charge < -0.3 is 9.30 Å². The summed E-state index contributed by atoms with van der Waals surface area (Å²) in [4.78, 5) is 18.4. The molecule has 3 rings (SSSR count). The number of hydrogen-bond acceptors (Lipinski definition) is 3. The highest BCUT2D eigenvalue weighted by molar-refractivity contribution is 9.10. The largest absolute Gasteiger partial charge is 0.496 e. The van der Waals surface area contributed by atoms with Gasteiger partial charge in [-0.2, -0.15) is 4.99 Å². The Balaban J connectivity index is 2.02. The highest BCUT2D eigenvalue weighted by Crippen LogP contribution is 2.26. The molecule has 3 aromatic rings. The molecule has 0 atom stereocenters. The van der Waals surface area contributed by atoms with Crippen molar-refractivity contribution >= 4 is 33.2 Å². The van der Waals surface area contributed by atoms with Crippen LogP contribution in [0.1, 0.15) is 15.2 Å². The molecule has 26 heavy (non-hydrogen) atoms. The Morgan fingerprint density at radius 3 is 2.54 bits per heavy atom. The summed E-state index contributed by atoms with van der Waals surface area (Å²) >= 11 is 4.80. The van der Waals surface area contributed by atoms with Crippen LogP contribution in [0.4, 0.5) is 4.39 Å². The van der Waals surface area contributed by atoms with E-state index in [1.165, 1.54) is 23.5 Å². The first-order valence-electron chi connectivity index (χ1n) is 7.75. The zero-order valence-corrected chi connectivity index (χ0v) is 16.8. The number of nitrogens with zero attached hydrogens (tertiary/aromatic N) is 2. The molecular formula is C19H16BrFN2O2S. The summed E-state index contributed by atoms with van der Waals surface area (Å²) in [6, 6.07) is 11.4. The van der Waals surface area contributed by atoms with Gasteiger partial charge in [0, 0.05) is 17.5 Å². The molecule has 2 aromatic carbocycles. The molecule has 1 heterocycles. The molecule has 0 N–H and O–H groups in total. The predicted octanol–water partition coefficient (Wildman–Crippen LogP) is 4.71. The van der Waals surface area contributed by atoms with E-state index in [2.05, 4.69) is 20.9 Å². The van der Waals surface area contributed by atoms with E-state index in [-0.39, 0.29) is 11.7 Å². The second-order valence-electron chi connectivity index (χ2n) is 5.62. The fraction of sp³-hybridized carbons (Fsp3) is 0.158. The van der Waals surface area contributed by atoms with Gasteiger partial charge >= 0.3 is 0 Å². The van der Waals surface area contributed by atoms with Crippen molar-refractivity contribution < 1.29 is 13.9 Å². The number of aryl methyl sites for hydroxylation is 1. The number of ether oxygens (including phenoxy) is 1. The molecule has 1 aromatic heterocycles. The second-order valence-corrected chi connectivity index (χ2v) is 7.66. The van der Waals surface area contributed by atoms with Crippen molar-refractivity contribution in [2.45, 2.75) is 6.92 Å². The molecule has 0 aliphatic carbocycles. The number of carbonyl (C=O) groups excluding carboxylic acids is 1. The minimum atomic E-state index is -0.337. The summed E-state index contributed by atoms with van der Waals surface area (Å²) in [7, 11) is 3.41. The van der Waals surface area contributed by atoms with E-state index in [4.69, 9.17) is 4.74 Å². The monoisotopic (exact) mass is 434 g/mol. The SMILES string of the molecule is COc1ccc(C(=O)N=c2sc(C)c(-c3ccc(F)cc3)n2C)cc1Br. The fourth-order valence-corrected chi connectivity index (χ4v) is 4.16. The van der Waals surface area contributed by atoms with Crippen molar-refractivity contribution in [1.29, 1.82) is 0 Å². The Hall–Kier alpha value is -2.25. The van der Waals surface area contributed by atoms with Crippen molar-refractivity contribution in [3.8, 4) is 17.0 Å². The van der Waals surface area contributed by atoms with Crippen LogP contribution in [-0.2, 0) is 7.05 Å². The van der Waals surface area contributed by atoms with Gasteiger partial charge in [-0.15, -0.1) is 11.3 Å². The summed E-state index contributed by atoms with van der Waals surface area (Å²) in [6.07, 6.45) is 0. The lowest BCUT2D eigenvalue weighted by Gasteiger charge is -2.05. The highest BCUT2D eigenvalue weighted by Gasteiger charge is 2.13. The number of halogens is 2. The quantitative estimate of drug-likeness (QED) is 0.598. The van der Waals surface area contributed by atoms with E-state index in [1.54, 1.807) is 37.4 Å². The van der Waals surface area contributed by atoms with E-state index in [1.807, 2.05) is 18.5 Å². The molecule has 0 bridgehead atoms. The van der Waals surface area contributed by atoms with Crippen LogP contribution in [0, 0.1) is 12.7 Å². The second kappa shape index (κ2) is 7.55. The van der Waals surface area contributed by atoms with Crippen molar-refractivity contribution in [3.05, 3.63) is 68.0 Å². The average Bonchev–Trinajstić information content (AvgIpc) is 2.89. The highest BCUT2D eigenvalue weighted by atomic mass is 79.9. The van der Waals surface area contributed by atoms with Crippen LogP contribution in [0.5, 0.6) is 5.75 Å².